The van der Waals surface area contributed by atoms with E-state index in [9.17, 15) is 27.6 Å². The topological polar surface area (TPSA) is 204 Å². The summed E-state index contributed by atoms with van der Waals surface area (Å²) in [6.45, 7) is 14.1. The Morgan fingerprint density at radius 2 is 1.82 bits per heavy atom. The third kappa shape index (κ3) is 7.92. The van der Waals surface area contributed by atoms with E-state index in [1.165, 1.54) is 15.8 Å². The smallest absolute Gasteiger partial charge is 0.408 e. The number of sulfonamides is 1. The number of rotatable bonds is 11. The van der Waals surface area contributed by atoms with Crippen molar-refractivity contribution < 1.29 is 37.1 Å². The molecule has 1 aliphatic heterocycles. The van der Waals surface area contributed by atoms with Gasteiger partial charge in [0.1, 0.15) is 29.0 Å². The minimum absolute atomic E-state index is 0.0333. The van der Waals surface area contributed by atoms with Crippen LogP contribution in [0.3, 0.4) is 0 Å². The molecule has 2 saturated carbocycles. The molecule has 1 saturated heterocycles. The molecule has 0 unspecified atom stereocenters. The summed E-state index contributed by atoms with van der Waals surface area (Å²) < 4.78 is 38.2. The van der Waals surface area contributed by atoms with Crippen LogP contribution in [0.15, 0.2) is 36.9 Å². The Balaban J connectivity index is 1.44. The standard InChI is InChI=1S/C33H46N8O8S/c1-9-20-17-33(20,29(44)38-50(46,47)23-13-14-23)35-27(42)24-16-21(41-37-26(36-39-41)19-11-10-12-22(15-19)48-8)18-40(24)28(43)25(31(2,3)4)34-30(45)49-32(5,6)7/h9-12,15,20-21,23-25H,1,13-14,16-18H2,2-8H3,(H,34,45)(H,35,42)(H,38,44)/t20-,21-,24+,25-,33-/m1/s1. The second-order valence-electron chi connectivity index (χ2n) is 15.2. The van der Waals surface area contributed by atoms with Gasteiger partial charge >= 0.3 is 6.09 Å². The Kier molecular flexibility index (Phi) is 9.77. The van der Waals surface area contributed by atoms with Crippen LogP contribution in [0.5, 0.6) is 5.75 Å². The molecule has 17 heteroatoms. The molecule has 5 rings (SSSR count). The van der Waals surface area contributed by atoms with Crippen LogP contribution in [0.25, 0.3) is 11.4 Å². The summed E-state index contributed by atoms with van der Waals surface area (Å²) in [5.41, 5.74) is -2.56. The summed E-state index contributed by atoms with van der Waals surface area (Å²) in [5, 5.41) is 17.8. The average molecular weight is 715 g/mol. The molecule has 0 bridgehead atoms. The number of tetrazole rings is 1. The molecule has 3 N–H and O–H groups in total. The highest BCUT2D eigenvalue weighted by atomic mass is 32.2. The normalized spacial score (nSPS) is 24.1. The second kappa shape index (κ2) is 13.3. The number of hydrogen-bond acceptors (Lipinski definition) is 11. The average Bonchev–Trinajstić information content (AvgIpc) is 3.90. The Morgan fingerprint density at radius 1 is 1.12 bits per heavy atom. The third-order valence-electron chi connectivity index (χ3n) is 8.97. The molecule has 0 spiro atoms. The first-order valence-electron chi connectivity index (χ1n) is 16.5. The summed E-state index contributed by atoms with van der Waals surface area (Å²) in [4.78, 5) is 57.6. The van der Waals surface area contributed by atoms with Gasteiger partial charge in [0.15, 0.2) is 0 Å². The number of nitrogens with zero attached hydrogens (tertiary/aromatic N) is 5. The lowest BCUT2D eigenvalue weighted by Crippen LogP contribution is -2.60. The number of nitrogens with one attached hydrogen (secondary N) is 3. The van der Waals surface area contributed by atoms with Gasteiger partial charge in [-0.3, -0.25) is 19.1 Å². The zero-order chi connectivity index (χ0) is 36.8. The lowest BCUT2D eigenvalue weighted by Gasteiger charge is -2.36. The number of methoxy groups -OCH3 is 1. The molecule has 2 aliphatic carbocycles. The first kappa shape index (κ1) is 36.7. The van der Waals surface area contributed by atoms with Crippen molar-refractivity contribution in [3.8, 4) is 17.1 Å². The first-order chi connectivity index (χ1) is 23.3. The van der Waals surface area contributed by atoms with Gasteiger partial charge in [-0.1, -0.05) is 39.0 Å². The van der Waals surface area contributed by atoms with Crippen LogP contribution in [0, 0.1) is 11.3 Å². The molecule has 4 amide bonds. The van der Waals surface area contributed by atoms with Crippen molar-refractivity contribution in [3.05, 3.63) is 36.9 Å². The Morgan fingerprint density at radius 3 is 2.40 bits per heavy atom. The number of carbonyl (C=O) groups excluding carboxylic acids is 4. The van der Waals surface area contributed by atoms with Crippen molar-refractivity contribution in [2.75, 3.05) is 13.7 Å². The van der Waals surface area contributed by atoms with Crippen LogP contribution in [0.1, 0.15) is 73.3 Å². The molecule has 1 aromatic heterocycles. The number of hydrogen-bond donors (Lipinski definition) is 3. The number of aromatic nitrogens is 4. The molecule has 1 aromatic carbocycles. The van der Waals surface area contributed by atoms with Gasteiger partial charge in [0, 0.05) is 24.4 Å². The van der Waals surface area contributed by atoms with E-state index in [1.54, 1.807) is 72.9 Å². The van der Waals surface area contributed by atoms with Crippen molar-refractivity contribution in [2.45, 2.75) is 102 Å². The van der Waals surface area contributed by atoms with E-state index in [1.807, 2.05) is 0 Å². The highest BCUT2D eigenvalue weighted by molar-refractivity contribution is 7.91. The third-order valence-corrected chi connectivity index (χ3v) is 10.8. The molecule has 2 aromatic rings. The van der Waals surface area contributed by atoms with Crippen LogP contribution in [-0.4, -0.2) is 99.5 Å². The fourth-order valence-corrected chi connectivity index (χ4v) is 7.35. The fraction of sp³-hybridized carbons (Fsp3) is 0.606. The van der Waals surface area contributed by atoms with Gasteiger partial charge in [-0.25, -0.2) is 13.2 Å². The SMILES string of the molecule is C=C[C@@H]1C[C@]1(NC(=O)[C@@H]1C[C@@H](n2nnc(-c3cccc(OC)c3)n2)CN1C(=O)[C@@H](NC(=O)OC(C)(C)C)C(C)(C)C)C(=O)NS(=O)(=O)C1CC1. The Hall–Kier alpha value is -4.54. The van der Waals surface area contributed by atoms with E-state index >= 15 is 0 Å². The molecule has 3 fully saturated rings. The summed E-state index contributed by atoms with van der Waals surface area (Å²) >= 11 is 0. The predicted molar refractivity (Wildman–Crippen MR) is 181 cm³/mol. The van der Waals surface area contributed by atoms with Crippen LogP contribution in [0.2, 0.25) is 0 Å². The van der Waals surface area contributed by atoms with E-state index < -0.39 is 79.7 Å². The summed E-state index contributed by atoms with van der Waals surface area (Å²) in [6, 6.07) is 4.20. The van der Waals surface area contributed by atoms with Crippen LogP contribution in [-0.2, 0) is 29.1 Å². The van der Waals surface area contributed by atoms with E-state index in [-0.39, 0.29) is 19.4 Å². The summed E-state index contributed by atoms with van der Waals surface area (Å²) in [6.07, 6.45) is 1.76. The molecular weight excluding hydrogens is 668 g/mol. The van der Waals surface area contributed by atoms with Crippen LogP contribution < -0.4 is 20.1 Å². The maximum atomic E-state index is 14.4. The fourth-order valence-electron chi connectivity index (χ4n) is 5.99. The number of carbonyl (C=O) groups is 4. The molecular formula is C33H46N8O8S. The quantitative estimate of drug-likeness (QED) is 0.288. The molecule has 50 heavy (non-hydrogen) atoms. The minimum Gasteiger partial charge on any atom is -0.497 e. The van der Waals surface area contributed by atoms with Crippen molar-refractivity contribution in [2.24, 2.45) is 11.3 Å². The molecule has 3 aliphatic rings. The van der Waals surface area contributed by atoms with Crippen molar-refractivity contribution in [3.63, 3.8) is 0 Å². The van der Waals surface area contributed by atoms with Gasteiger partial charge in [-0.05, 0) is 62.8 Å². The molecule has 5 atom stereocenters. The largest absolute Gasteiger partial charge is 0.497 e. The van der Waals surface area contributed by atoms with Gasteiger partial charge in [-0.2, -0.15) is 4.80 Å². The number of amides is 4. The monoisotopic (exact) mass is 714 g/mol. The predicted octanol–water partition coefficient (Wildman–Crippen LogP) is 2.10. The highest BCUT2D eigenvalue weighted by Crippen LogP contribution is 2.45. The molecule has 0 radical (unpaired) electrons. The molecule has 2 heterocycles. The highest BCUT2D eigenvalue weighted by Gasteiger charge is 2.62. The van der Waals surface area contributed by atoms with E-state index in [0.29, 0.717) is 30.0 Å². The van der Waals surface area contributed by atoms with Crippen LogP contribution >= 0.6 is 0 Å². The van der Waals surface area contributed by atoms with Gasteiger partial charge in [-0.15, -0.1) is 16.8 Å². The minimum atomic E-state index is -3.90. The van der Waals surface area contributed by atoms with Gasteiger partial charge < -0.3 is 25.0 Å². The van der Waals surface area contributed by atoms with Crippen molar-refractivity contribution >= 4 is 33.8 Å². The van der Waals surface area contributed by atoms with Crippen molar-refractivity contribution in [1.82, 2.24) is 40.5 Å². The molecule has 272 valence electrons. The Labute approximate surface area is 291 Å². The maximum Gasteiger partial charge on any atom is 0.408 e. The lowest BCUT2D eigenvalue weighted by molar-refractivity contribution is -0.143. The maximum absolute atomic E-state index is 14.4. The van der Waals surface area contributed by atoms with E-state index in [2.05, 4.69) is 37.3 Å². The van der Waals surface area contributed by atoms with E-state index in [4.69, 9.17) is 9.47 Å². The summed E-state index contributed by atoms with van der Waals surface area (Å²) in [5.74, 6) is -1.73. The van der Waals surface area contributed by atoms with E-state index in [0.717, 1.165) is 0 Å². The number of likely N-dealkylation sites (tertiary alicyclic amines) is 1. The summed E-state index contributed by atoms with van der Waals surface area (Å²) in [7, 11) is -2.36. The van der Waals surface area contributed by atoms with Crippen molar-refractivity contribution in [1.29, 1.82) is 0 Å². The second-order valence-corrected chi connectivity index (χ2v) is 17.1. The first-order valence-corrected chi connectivity index (χ1v) is 18.1. The van der Waals surface area contributed by atoms with Crippen LogP contribution in [0.4, 0.5) is 4.79 Å². The number of benzene rings is 1. The lowest BCUT2D eigenvalue weighted by atomic mass is 9.85. The van der Waals surface area contributed by atoms with Gasteiger partial charge in [0.25, 0.3) is 5.91 Å². The number of ether oxygens (including phenoxy) is 2. The van der Waals surface area contributed by atoms with Gasteiger partial charge in [0.05, 0.1) is 18.4 Å². The molecule has 16 nitrogen and oxygen atoms in total. The Bertz CT molecular complexity index is 1780. The zero-order valence-electron chi connectivity index (χ0n) is 29.4. The number of alkyl carbamates (subject to hydrolysis) is 1. The van der Waals surface area contributed by atoms with Gasteiger partial charge in [0.2, 0.25) is 27.7 Å². The zero-order valence-corrected chi connectivity index (χ0v) is 30.2.